The Morgan fingerprint density at radius 2 is 1.94 bits per heavy atom. The Morgan fingerprint density at radius 1 is 1.18 bits per heavy atom. The first kappa shape index (κ1) is 24.3. The number of hydrogen-bond donors (Lipinski definition) is 1. The van der Waals surface area contributed by atoms with Crippen LogP contribution in [0.3, 0.4) is 0 Å². The number of rotatable bonds is 6. The predicted molar refractivity (Wildman–Crippen MR) is 131 cm³/mol. The zero-order valence-corrected chi connectivity index (χ0v) is 21.3. The van der Waals surface area contributed by atoms with Crippen molar-refractivity contribution in [1.82, 2.24) is 4.57 Å². The highest BCUT2D eigenvalue weighted by atomic mass is 32.2. The first-order chi connectivity index (χ1) is 16.1. The van der Waals surface area contributed by atoms with Gasteiger partial charge in [-0.15, -0.1) is 11.3 Å². The number of carbonyl (C=O) groups is 3. The van der Waals surface area contributed by atoms with Crippen molar-refractivity contribution in [2.24, 2.45) is 12.0 Å². The fourth-order valence-electron chi connectivity index (χ4n) is 3.90. The van der Waals surface area contributed by atoms with Crippen LogP contribution in [-0.2, 0) is 44.1 Å². The van der Waals surface area contributed by atoms with Crippen LogP contribution in [0.4, 0.5) is 5.00 Å². The number of anilines is 1. The number of methoxy groups -OCH3 is 1. The molecule has 2 heterocycles. The molecular weight excluding hydrogens is 498 g/mol. The van der Waals surface area contributed by atoms with E-state index < -0.39 is 39.1 Å². The second-order valence-electron chi connectivity index (χ2n) is 8.05. The molecule has 2 amide bonds. The van der Waals surface area contributed by atoms with Crippen molar-refractivity contribution in [3.63, 3.8) is 0 Å². The van der Waals surface area contributed by atoms with Crippen molar-refractivity contribution in [2.45, 2.75) is 26.2 Å². The molecule has 34 heavy (non-hydrogen) atoms. The zero-order valence-electron chi connectivity index (χ0n) is 18.8. The molecule has 0 saturated heterocycles. The predicted octanol–water partition coefficient (Wildman–Crippen LogP) is 2.37. The first-order valence-electron chi connectivity index (χ1n) is 10.4. The highest BCUT2D eigenvalue weighted by Crippen LogP contribution is 2.39. The van der Waals surface area contributed by atoms with Gasteiger partial charge in [-0.1, -0.05) is 17.4 Å². The molecule has 0 aliphatic heterocycles. The first-order valence-corrected chi connectivity index (χ1v) is 13.9. The van der Waals surface area contributed by atoms with Crippen molar-refractivity contribution in [2.75, 3.05) is 23.9 Å². The lowest BCUT2D eigenvalue weighted by atomic mass is 10.1. The lowest BCUT2D eigenvalue weighted by molar-refractivity contribution is -0.115. The Balaban J connectivity index is 1.47. The second-order valence-corrected chi connectivity index (χ2v) is 12.2. The molecule has 1 aliphatic rings. The summed E-state index contributed by atoms with van der Waals surface area (Å²) >= 11 is 2.54. The molecule has 0 spiro atoms. The number of carbonyl (C=O) groups excluding carboxylic acids is 3. The number of fused-ring (bicyclic) bond motifs is 2. The van der Waals surface area contributed by atoms with Crippen LogP contribution in [0, 0.1) is 6.92 Å². The normalized spacial score (nSPS) is 13.8. The minimum absolute atomic E-state index is 0.278. The number of hydrogen-bond acceptors (Lipinski definition) is 8. The van der Waals surface area contributed by atoms with Crippen molar-refractivity contribution in [1.29, 1.82) is 0 Å². The summed E-state index contributed by atoms with van der Waals surface area (Å²) in [6.07, 6.45) is 2.41. The number of ether oxygens (including phenoxy) is 1. The maximum absolute atomic E-state index is 12.5. The van der Waals surface area contributed by atoms with Crippen LogP contribution in [0.1, 0.15) is 32.8 Å². The lowest BCUT2D eigenvalue weighted by Gasteiger charge is -2.07. The van der Waals surface area contributed by atoms with Gasteiger partial charge in [0.15, 0.2) is 14.6 Å². The maximum atomic E-state index is 12.5. The Bertz CT molecular complexity index is 1490. The summed E-state index contributed by atoms with van der Waals surface area (Å²) in [5, 5.41) is 2.80. The van der Waals surface area contributed by atoms with Gasteiger partial charge in [0, 0.05) is 11.9 Å². The topological polar surface area (TPSA) is 124 Å². The number of benzene rings is 1. The smallest absolute Gasteiger partial charge is 0.341 e. The standard InChI is InChI=1S/C22H23N3O6S3/c1-12-7-8-14-16(9-12)33-22(25(14)2)24-18(27)11-34(29,30)10-17(26)23-20-19(21(28)31-3)13-5-4-6-15(13)32-20/h7-9H,4-6,10-11H2,1-3H3,(H,23,26). The summed E-state index contributed by atoms with van der Waals surface area (Å²) in [4.78, 5) is 42.4. The van der Waals surface area contributed by atoms with E-state index >= 15 is 0 Å². The molecule has 1 N–H and O–H groups in total. The van der Waals surface area contributed by atoms with Crippen LogP contribution < -0.4 is 10.1 Å². The highest BCUT2D eigenvalue weighted by Gasteiger charge is 2.29. The molecule has 4 rings (SSSR count). The number of thiazole rings is 1. The van der Waals surface area contributed by atoms with Crippen LogP contribution in [0.2, 0.25) is 0 Å². The molecule has 0 unspecified atom stereocenters. The summed E-state index contributed by atoms with van der Waals surface area (Å²) in [6.45, 7) is 1.96. The maximum Gasteiger partial charge on any atom is 0.341 e. The van der Waals surface area contributed by atoms with Crippen LogP contribution in [0.15, 0.2) is 23.2 Å². The molecular formula is C22H23N3O6S3. The monoisotopic (exact) mass is 521 g/mol. The average molecular weight is 522 g/mol. The second kappa shape index (κ2) is 9.43. The number of aryl methyl sites for hydroxylation is 3. The van der Waals surface area contributed by atoms with E-state index in [-0.39, 0.29) is 10.6 Å². The minimum atomic E-state index is -4.07. The fraction of sp³-hybridized carbons (Fsp3) is 0.364. The van der Waals surface area contributed by atoms with Gasteiger partial charge in [-0.05, 0) is 49.4 Å². The number of esters is 1. The van der Waals surface area contributed by atoms with E-state index in [1.807, 2.05) is 25.1 Å². The zero-order chi connectivity index (χ0) is 24.6. The van der Waals surface area contributed by atoms with Crippen LogP contribution >= 0.6 is 22.7 Å². The van der Waals surface area contributed by atoms with E-state index in [1.165, 1.54) is 29.8 Å². The summed E-state index contributed by atoms with van der Waals surface area (Å²) in [5.41, 5.74) is 3.07. The van der Waals surface area contributed by atoms with E-state index in [4.69, 9.17) is 4.74 Å². The summed E-state index contributed by atoms with van der Waals surface area (Å²) in [6, 6.07) is 5.82. The Hall–Kier alpha value is -2.83. The van der Waals surface area contributed by atoms with Gasteiger partial charge in [-0.2, -0.15) is 4.99 Å². The van der Waals surface area contributed by atoms with Gasteiger partial charge in [0.2, 0.25) is 5.91 Å². The van der Waals surface area contributed by atoms with Crippen molar-refractivity contribution >= 4 is 65.5 Å². The number of nitrogens with zero attached hydrogens (tertiary/aromatic N) is 2. The highest BCUT2D eigenvalue weighted by molar-refractivity contribution is 7.92. The molecule has 12 heteroatoms. The lowest BCUT2D eigenvalue weighted by Crippen LogP contribution is -2.28. The van der Waals surface area contributed by atoms with Gasteiger partial charge in [0.25, 0.3) is 5.91 Å². The molecule has 1 aliphatic carbocycles. The molecule has 0 fully saturated rings. The van der Waals surface area contributed by atoms with Gasteiger partial charge >= 0.3 is 5.97 Å². The molecule has 0 atom stereocenters. The number of thiophene rings is 1. The Morgan fingerprint density at radius 3 is 2.68 bits per heavy atom. The molecule has 0 saturated carbocycles. The van der Waals surface area contributed by atoms with E-state index in [0.717, 1.165) is 39.1 Å². The SMILES string of the molecule is COC(=O)c1c(NC(=O)CS(=O)(=O)CC(=O)N=c2sc3cc(C)ccc3n2C)sc2c1CCC2. The van der Waals surface area contributed by atoms with Gasteiger partial charge in [0.05, 0.1) is 22.9 Å². The minimum Gasteiger partial charge on any atom is -0.465 e. The number of nitrogens with one attached hydrogen (secondary N) is 1. The Kier molecular flexibility index (Phi) is 6.74. The van der Waals surface area contributed by atoms with Crippen LogP contribution in [0.5, 0.6) is 0 Å². The third-order valence-corrected chi connectivity index (χ3v) is 9.13. The van der Waals surface area contributed by atoms with Gasteiger partial charge in [0.1, 0.15) is 16.5 Å². The van der Waals surface area contributed by atoms with E-state index in [1.54, 1.807) is 11.6 Å². The van der Waals surface area contributed by atoms with Crippen LogP contribution in [-0.4, -0.2) is 49.4 Å². The van der Waals surface area contributed by atoms with Crippen molar-refractivity contribution in [3.8, 4) is 0 Å². The number of sulfone groups is 1. The Labute approximate surface area is 204 Å². The van der Waals surface area contributed by atoms with E-state index in [0.29, 0.717) is 11.2 Å². The number of aromatic nitrogens is 1. The third kappa shape index (κ3) is 4.98. The van der Waals surface area contributed by atoms with Gasteiger partial charge in [-0.3, -0.25) is 9.59 Å². The fourth-order valence-corrected chi connectivity index (χ4v) is 7.34. The molecule has 0 bridgehead atoms. The molecule has 0 radical (unpaired) electrons. The summed E-state index contributed by atoms with van der Waals surface area (Å²) < 4.78 is 32.5. The van der Waals surface area contributed by atoms with Crippen molar-refractivity contribution in [3.05, 3.63) is 44.6 Å². The van der Waals surface area contributed by atoms with E-state index in [9.17, 15) is 22.8 Å². The molecule has 1 aromatic carbocycles. The van der Waals surface area contributed by atoms with Gasteiger partial charge < -0.3 is 14.6 Å². The average Bonchev–Trinajstić information content (AvgIpc) is 3.40. The molecule has 2 aromatic heterocycles. The van der Waals surface area contributed by atoms with E-state index in [2.05, 4.69) is 10.3 Å². The van der Waals surface area contributed by atoms with Gasteiger partial charge in [-0.25, -0.2) is 13.2 Å². The largest absolute Gasteiger partial charge is 0.465 e. The number of amides is 2. The molecule has 180 valence electrons. The quantitative estimate of drug-likeness (QED) is 0.497. The van der Waals surface area contributed by atoms with Crippen LogP contribution in [0.25, 0.3) is 10.2 Å². The third-order valence-electron chi connectivity index (χ3n) is 5.44. The summed E-state index contributed by atoms with van der Waals surface area (Å²) in [7, 11) is -1.07. The van der Waals surface area contributed by atoms with Crippen molar-refractivity contribution < 1.29 is 27.5 Å². The molecule has 9 nitrogen and oxygen atoms in total. The molecule has 3 aromatic rings. The summed E-state index contributed by atoms with van der Waals surface area (Å²) in [5.74, 6) is -4.02.